The number of hydrogen-bond donors (Lipinski definition) is 1. The maximum atomic E-state index is 12.8. The molecule has 0 saturated carbocycles. The maximum Gasteiger partial charge on any atom is 0.298 e. The monoisotopic (exact) mass is 455 g/mol. The maximum absolute atomic E-state index is 12.8. The largest absolute Gasteiger partial charge is 0.423 e. The molecule has 2 atom stereocenters. The second kappa shape index (κ2) is 9.17. The number of aromatic nitrogens is 2. The molecule has 0 bridgehead atoms. The number of carbonyl (C=O) groups is 1. The van der Waals surface area contributed by atoms with Gasteiger partial charge in [-0.1, -0.05) is 12.1 Å². The first-order valence-corrected chi connectivity index (χ1v) is 12.1. The topological polar surface area (TPSA) is 83.7 Å². The van der Waals surface area contributed by atoms with Crippen molar-refractivity contribution in [3.8, 4) is 0 Å². The summed E-state index contributed by atoms with van der Waals surface area (Å²) in [7, 11) is 0. The van der Waals surface area contributed by atoms with Crippen LogP contribution in [0.4, 0.5) is 11.1 Å². The van der Waals surface area contributed by atoms with E-state index < -0.39 is 0 Å². The van der Waals surface area contributed by atoms with Crippen molar-refractivity contribution in [1.82, 2.24) is 14.9 Å². The van der Waals surface area contributed by atoms with Gasteiger partial charge in [-0.15, -0.1) is 11.3 Å². The number of nitrogens with one attached hydrogen (secondary N) is 1. The van der Waals surface area contributed by atoms with Gasteiger partial charge in [-0.3, -0.25) is 9.69 Å². The number of rotatable bonds is 5. The Bertz CT molecular complexity index is 1030. The molecule has 2 aromatic heterocycles. The molecule has 2 fully saturated rings. The van der Waals surface area contributed by atoms with Crippen molar-refractivity contribution in [2.24, 2.45) is 5.92 Å². The highest BCUT2D eigenvalue weighted by Crippen LogP contribution is 2.27. The van der Waals surface area contributed by atoms with Gasteiger partial charge in [-0.05, 0) is 38.8 Å². The molecule has 9 heteroatoms. The summed E-state index contributed by atoms with van der Waals surface area (Å²) in [4.78, 5) is 26.5. The lowest BCUT2D eigenvalue weighted by molar-refractivity contribution is -0.120. The summed E-state index contributed by atoms with van der Waals surface area (Å²) in [6, 6.07) is 8.41. The molecule has 2 aliphatic rings. The van der Waals surface area contributed by atoms with E-state index in [4.69, 9.17) is 9.15 Å². The molecule has 8 nitrogen and oxygen atoms in total. The van der Waals surface area contributed by atoms with Crippen LogP contribution in [0.5, 0.6) is 0 Å². The second-order valence-electron chi connectivity index (χ2n) is 8.81. The number of para-hydroxylation sites is 2. The smallest absolute Gasteiger partial charge is 0.298 e. The fraction of sp³-hybridized carbons (Fsp3) is 0.522. The molecule has 170 valence electrons. The lowest BCUT2D eigenvalue weighted by atomic mass is 9.96. The van der Waals surface area contributed by atoms with Gasteiger partial charge in [0.15, 0.2) is 10.7 Å². The molecular weight excluding hydrogens is 426 g/mol. The minimum atomic E-state index is -0.0241. The summed E-state index contributed by atoms with van der Waals surface area (Å²) in [6.07, 6.45) is 2.01. The predicted molar refractivity (Wildman–Crippen MR) is 125 cm³/mol. The van der Waals surface area contributed by atoms with Crippen molar-refractivity contribution < 1.29 is 13.9 Å². The normalized spacial score (nSPS) is 23.0. The first-order valence-electron chi connectivity index (χ1n) is 11.3. The number of anilines is 2. The number of hydrogen-bond acceptors (Lipinski definition) is 8. The summed E-state index contributed by atoms with van der Waals surface area (Å²) in [5.74, 6) is 0.0284. The molecular formula is C23H29N5O3S. The highest BCUT2D eigenvalue weighted by atomic mass is 32.1. The number of ether oxygens (including phenoxy) is 1. The van der Waals surface area contributed by atoms with Gasteiger partial charge >= 0.3 is 0 Å². The Balaban J connectivity index is 1.13. The fourth-order valence-corrected chi connectivity index (χ4v) is 5.32. The van der Waals surface area contributed by atoms with E-state index in [1.165, 1.54) is 11.3 Å². The number of benzene rings is 1. The van der Waals surface area contributed by atoms with E-state index >= 15 is 0 Å². The average Bonchev–Trinajstić information content (AvgIpc) is 3.40. The van der Waals surface area contributed by atoms with E-state index in [1.807, 2.05) is 29.6 Å². The van der Waals surface area contributed by atoms with Gasteiger partial charge in [-0.25, -0.2) is 4.98 Å². The lowest BCUT2D eigenvalue weighted by Gasteiger charge is -2.34. The predicted octanol–water partition coefficient (Wildman–Crippen LogP) is 3.75. The van der Waals surface area contributed by atoms with Crippen LogP contribution in [0, 0.1) is 5.92 Å². The molecule has 4 heterocycles. The van der Waals surface area contributed by atoms with Gasteiger partial charge in [0.05, 0.1) is 17.9 Å². The van der Waals surface area contributed by atoms with E-state index in [2.05, 4.69) is 38.9 Å². The fourth-order valence-electron chi connectivity index (χ4n) is 4.62. The van der Waals surface area contributed by atoms with Gasteiger partial charge in [0.1, 0.15) is 5.52 Å². The molecule has 1 amide bonds. The highest BCUT2D eigenvalue weighted by molar-refractivity contribution is 7.13. The summed E-state index contributed by atoms with van der Waals surface area (Å²) in [6.45, 7) is 8.30. The zero-order valence-corrected chi connectivity index (χ0v) is 19.3. The number of nitrogens with zero attached hydrogens (tertiary/aromatic N) is 4. The highest BCUT2D eigenvalue weighted by Gasteiger charge is 2.28. The van der Waals surface area contributed by atoms with Crippen molar-refractivity contribution in [3.05, 3.63) is 35.3 Å². The molecule has 0 aliphatic carbocycles. The zero-order chi connectivity index (χ0) is 22.1. The van der Waals surface area contributed by atoms with E-state index in [0.29, 0.717) is 11.1 Å². The number of morpholine rings is 1. The summed E-state index contributed by atoms with van der Waals surface area (Å²) < 4.78 is 11.7. The Hall–Kier alpha value is -2.49. The molecule has 2 aliphatic heterocycles. The molecule has 2 saturated heterocycles. The Morgan fingerprint density at radius 1 is 1.16 bits per heavy atom. The third-order valence-electron chi connectivity index (χ3n) is 6.08. The first kappa shape index (κ1) is 21.4. The van der Waals surface area contributed by atoms with E-state index in [0.717, 1.165) is 62.4 Å². The van der Waals surface area contributed by atoms with Crippen molar-refractivity contribution in [3.63, 3.8) is 0 Å². The van der Waals surface area contributed by atoms with Crippen LogP contribution in [0.3, 0.4) is 0 Å². The summed E-state index contributed by atoms with van der Waals surface area (Å²) >= 11 is 1.50. The first-order chi connectivity index (χ1) is 15.5. The van der Waals surface area contributed by atoms with E-state index in [1.54, 1.807) is 0 Å². The standard InChI is InChI=1S/C23H29N5O3S/c1-15-11-27(12-16(2)30-15)13-18-14-32-22(24-18)26-21(29)17-7-9-28(10-8-17)23-25-19-5-3-4-6-20(19)31-23/h3-6,14-17H,7-13H2,1-2H3,(H,24,26,29). The average molecular weight is 456 g/mol. The molecule has 1 aromatic carbocycles. The number of oxazole rings is 1. The number of amides is 1. The number of fused-ring (bicyclic) bond motifs is 1. The molecule has 0 radical (unpaired) electrons. The lowest BCUT2D eigenvalue weighted by Crippen LogP contribution is -2.44. The molecule has 32 heavy (non-hydrogen) atoms. The Morgan fingerprint density at radius 3 is 2.66 bits per heavy atom. The van der Waals surface area contributed by atoms with Crippen LogP contribution in [-0.2, 0) is 16.1 Å². The van der Waals surface area contributed by atoms with E-state index in [-0.39, 0.29) is 24.0 Å². The van der Waals surface area contributed by atoms with Gasteiger partial charge in [0.25, 0.3) is 6.01 Å². The Morgan fingerprint density at radius 2 is 1.91 bits per heavy atom. The number of piperidine rings is 1. The van der Waals surface area contributed by atoms with Gasteiger partial charge < -0.3 is 19.4 Å². The summed E-state index contributed by atoms with van der Waals surface area (Å²) in [5.41, 5.74) is 2.66. The van der Waals surface area contributed by atoms with Crippen LogP contribution < -0.4 is 10.2 Å². The molecule has 3 aromatic rings. The number of thiazole rings is 1. The SMILES string of the molecule is CC1CN(Cc2csc(NC(=O)C3CCN(c4nc5ccccc5o4)CC3)n2)CC(C)O1. The molecule has 1 N–H and O–H groups in total. The molecule has 5 rings (SSSR count). The van der Waals surface area contributed by atoms with Crippen molar-refractivity contribution in [2.75, 3.05) is 36.4 Å². The van der Waals surface area contributed by atoms with Crippen LogP contribution in [0.2, 0.25) is 0 Å². The van der Waals surface area contributed by atoms with Crippen molar-refractivity contribution in [1.29, 1.82) is 0 Å². The minimum absolute atomic E-state index is 0.0241. The van der Waals surface area contributed by atoms with Crippen molar-refractivity contribution >= 4 is 39.5 Å². The molecule has 2 unspecified atom stereocenters. The van der Waals surface area contributed by atoms with Crippen LogP contribution in [-0.4, -0.2) is 59.2 Å². The minimum Gasteiger partial charge on any atom is -0.423 e. The third kappa shape index (κ3) is 4.79. The quantitative estimate of drug-likeness (QED) is 0.627. The van der Waals surface area contributed by atoms with Crippen molar-refractivity contribution in [2.45, 2.75) is 45.4 Å². The van der Waals surface area contributed by atoms with Crippen LogP contribution in [0.25, 0.3) is 11.1 Å². The number of carbonyl (C=O) groups excluding carboxylic acids is 1. The van der Waals surface area contributed by atoms with Crippen LogP contribution in [0.15, 0.2) is 34.1 Å². The third-order valence-corrected chi connectivity index (χ3v) is 6.89. The van der Waals surface area contributed by atoms with Gasteiger partial charge in [0.2, 0.25) is 5.91 Å². The second-order valence-corrected chi connectivity index (χ2v) is 9.67. The Labute approximate surface area is 191 Å². The Kier molecular flexibility index (Phi) is 6.12. The van der Waals surface area contributed by atoms with Gasteiger partial charge in [0, 0.05) is 44.0 Å². The van der Waals surface area contributed by atoms with Crippen LogP contribution >= 0.6 is 11.3 Å². The van der Waals surface area contributed by atoms with Gasteiger partial charge in [-0.2, -0.15) is 4.98 Å². The van der Waals surface area contributed by atoms with E-state index in [9.17, 15) is 4.79 Å². The zero-order valence-electron chi connectivity index (χ0n) is 18.5. The summed E-state index contributed by atoms with van der Waals surface area (Å²) in [5, 5.41) is 5.75. The van der Waals surface area contributed by atoms with Crippen LogP contribution in [0.1, 0.15) is 32.4 Å². The molecule has 0 spiro atoms.